The summed E-state index contributed by atoms with van der Waals surface area (Å²) >= 11 is 0. The lowest BCUT2D eigenvalue weighted by Gasteiger charge is -2.53. The highest BCUT2D eigenvalue weighted by Gasteiger charge is 2.44. The molecule has 3 aliphatic rings. The van der Waals surface area contributed by atoms with Crippen molar-refractivity contribution in [2.24, 2.45) is 5.41 Å². The molecule has 1 aromatic rings. The second-order valence-corrected chi connectivity index (χ2v) is 6.77. The van der Waals surface area contributed by atoms with E-state index in [2.05, 4.69) is 11.0 Å². The summed E-state index contributed by atoms with van der Waals surface area (Å²) in [4.78, 5) is 13.8. The fourth-order valence-corrected chi connectivity index (χ4v) is 4.10. The van der Waals surface area contributed by atoms with E-state index in [1.807, 2.05) is 6.07 Å². The van der Waals surface area contributed by atoms with Crippen LogP contribution in [0.25, 0.3) is 0 Å². The maximum Gasteiger partial charge on any atom is 0.337 e. The summed E-state index contributed by atoms with van der Waals surface area (Å²) < 4.78 is 5.45. The summed E-state index contributed by atoms with van der Waals surface area (Å²) in [6, 6.07) is 4.05. The van der Waals surface area contributed by atoms with Crippen molar-refractivity contribution in [3.63, 3.8) is 0 Å². The largest absolute Gasteiger partial charge is 0.478 e. The Bertz CT molecular complexity index is 582. The van der Waals surface area contributed by atoms with Gasteiger partial charge in [0.05, 0.1) is 11.3 Å². The number of carboxylic acid groups (broad SMARTS) is 1. The van der Waals surface area contributed by atoms with E-state index in [9.17, 15) is 9.90 Å². The zero-order valence-electron chi connectivity index (χ0n) is 12.2. The Hall–Kier alpha value is -1.55. The Kier molecular flexibility index (Phi) is 2.96. The smallest absolute Gasteiger partial charge is 0.337 e. The van der Waals surface area contributed by atoms with Crippen LogP contribution >= 0.6 is 0 Å². The molecule has 0 atom stereocenters. The van der Waals surface area contributed by atoms with Crippen LogP contribution in [-0.4, -0.2) is 37.4 Å². The molecule has 21 heavy (non-hydrogen) atoms. The lowest BCUT2D eigenvalue weighted by atomic mass is 9.73. The Morgan fingerprint density at radius 3 is 2.48 bits per heavy atom. The van der Waals surface area contributed by atoms with Gasteiger partial charge in [-0.25, -0.2) is 4.79 Å². The molecule has 0 saturated carbocycles. The normalized spacial score (nSPS) is 23.0. The highest BCUT2D eigenvalue weighted by atomic mass is 16.5. The Morgan fingerprint density at radius 1 is 1.14 bits per heavy atom. The monoisotopic (exact) mass is 287 g/mol. The third kappa shape index (κ3) is 2.13. The molecular formula is C17H21NO3. The molecule has 0 unspecified atom stereocenters. The number of ether oxygens (including phenoxy) is 1. The van der Waals surface area contributed by atoms with Crippen LogP contribution < -0.4 is 4.90 Å². The third-order valence-corrected chi connectivity index (χ3v) is 5.39. The summed E-state index contributed by atoms with van der Waals surface area (Å²) in [6.07, 6.45) is 5.49. The van der Waals surface area contributed by atoms with Gasteiger partial charge in [-0.05, 0) is 55.4 Å². The second-order valence-electron chi connectivity index (χ2n) is 6.77. The number of hydrogen-bond acceptors (Lipinski definition) is 3. The van der Waals surface area contributed by atoms with Crippen molar-refractivity contribution in [2.75, 3.05) is 31.2 Å². The number of rotatable bonds is 2. The third-order valence-electron chi connectivity index (χ3n) is 5.39. The molecular weight excluding hydrogens is 266 g/mol. The van der Waals surface area contributed by atoms with Crippen molar-refractivity contribution in [1.82, 2.24) is 0 Å². The molecule has 4 nitrogen and oxygen atoms in total. The fraction of sp³-hybridized carbons (Fsp3) is 0.588. The van der Waals surface area contributed by atoms with Crippen molar-refractivity contribution < 1.29 is 14.6 Å². The maximum atomic E-state index is 11.6. The molecule has 0 amide bonds. The van der Waals surface area contributed by atoms with Gasteiger partial charge in [-0.15, -0.1) is 0 Å². The SMILES string of the molecule is O=C(O)c1cc2c(cc1N1CC3(CCOCC3)C1)CCC2. The highest BCUT2D eigenvalue weighted by Crippen LogP contribution is 2.44. The summed E-state index contributed by atoms with van der Waals surface area (Å²) in [5.74, 6) is -0.798. The van der Waals surface area contributed by atoms with Gasteiger partial charge in [-0.3, -0.25) is 0 Å². The van der Waals surface area contributed by atoms with Crippen LogP contribution in [0.2, 0.25) is 0 Å². The predicted molar refractivity (Wildman–Crippen MR) is 80.1 cm³/mol. The van der Waals surface area contributed by atoms with E-state index in [0.29, 0.717) is 11.0 Å². The molecule has 1 spiro atoms. The Morgan fingerprint density at radius 2 is 1.81 bits per heavy atom. The standard InChI is InChI=1S/C17H21NO3/c19-16(20)14-8-12-2-1-3-13(12)9-15(14)18-10-17(11-18)4-6-21-7-5-17/h8-9H,1-7,10-11H2,(H,19,20). The molecule has 0 bridgehead atoms. The van der Waals surface area contributed by atoms with Crippen molar-refractivity contribution in [1.29, 1.82) is 0 Å². The van der Waals surface area contributed by atoms with Gasteiger partial charge in [-0.2, -0.15) is 0 Å². The van der Waals surface area contributed by atoms with Crippen LogP contribution in [0.4, 0.5) is 5.69 Å². The van der Waals surface area contributed by atoms with Gasteiger partial charge in [0.15, 0.2) is 0 Å². The Balaban J connectivity index is 1.62. The summed E-state index contributed by atoms with van der Waals surface area (Å²) in [6.45, 7) is 3.67. The van der Waals surface area contributed by atoms with Crippen LogP contribution in [0.3, 0.4) is 0 Å². The molecule has 2 heterocycles. The molecule has 0 radical (unpaired) electrons. The number of anilines is 1. The number of aromatic carboxylic acids is 1. The molecule has 4 heteroatoms. The number of aryl methyl sites for hydroxylation is 2. The van der Waals surface area contributed by atoms with Crippen molar-refractivity contribution in [3.05, 3.63) is 28.8 Å². The number of hydrogen-bond donors (Lipinski definition) is 1. The first-order valence-electron chi connectivity index (χ1n) is 7.89. The van der Waals surface area contributed by atoms with E-state index in [4.69, 9.17) is 4.74 Å². The number of carboxylic acids is 1. The van der Waals surface area contributed by atoms with Crippen molar-refractivity contribution in [2.45, 2.75) is 32.1 Å². The van der Waals surface area contributed by atoms with Crippen LogP contribution in [-0.2, 0) is 17.6 Å². The first-order valence-corrected chi connectivity index (χ1v) is 7.89. The second kappa shape index (κ2) is 4.73. The van der Waals surface area contributed by atoms with Gasteiger partial charge in [0.1, 0.15) is 0 Å². The van der Waals surface area contributed by atoms with E-state index >= 15 is 0 Å². The Labute approximate surface area is 124 Å². The topological polar surface area (TPSA) is 49.8 Å². The first-order chi connectivity index (χ1) is 10.2. The molecule has 2 saturated heterocycles. The van der Waals surface area contributed by atoms with E-state index in [1.165, 1.54) is 11.1 Å². The van der Waals surface area contributed by atoms with Crippen LogP contribution in [0.5, 0.6) is 0 Å². The number of benzene rings is 1. The lowest BCUT2D eigenvalue weighted by Crippen LogP contribution is -2.59. The van der Waals surface area contributed by atoms with Gasteiger partial charge < -0.3 is 14.7 Å². The molecule has 1 aromatic carbocycles. The zero-order chi connectivity index (χ0) is 14.4. The average Bonchev–Trinajstić information content (AvgIpc) is 2.91. The first kappa shape index (κ1) is 13.1. The summed E-state index contributed by atoms with van der Waals surface area (Å²) in [5, 5.41) is 9.52. The molecule has 2 fully saturated rings. The van der Waals surface area contributed by atoms with Crippen LogP contribution in [0.15, 0.2) is 12.1 Å². The number of fused-ring (bicyclic) bond motifs is 1. The minimum atomic E-state index is -0.798. The van der Waals surface area contributed by atoms with E-state index in [0.717, 1.165) is 64.1 Å². The van der Waals surface area contributed by atoms with Crippen molar-refractivity contribution in [3.8, 4) is 0 Å². The van der Waals surface area contributed by atoms with Gasteiger partial charge >= 0.3 is 5.97 Å². The molecule has 1 N–H and O–H groups in total. The van der Waals surface area contributed by atoms with Gasteiger partial charge in [0.25, 0.3) is 0 Å². The van der Waals surface area contributed by atoms with Gasteiger partial charge in [-0.1, -0.05) is 0 Å². The minimum absolute atomic E-state index is 0.368. The van der Waals surface area contributed by atoms with Gasteiger partial charge in [0.2, 0.25) is 0 Å². The molecule has 0 aromatic heterocycles. The molecule has 4 rings (SSSR count). The highest BCUT2D eigenvalue weighted by molar-refractivity contribution is 5.95. The van der Waals surface area contributed by atoms with Crippen LogP contribution in [0, 0.1) is 5.41 Å². The molecule has 2 aliphatic heterocycles. The predicted octanol–water partition coefficient (Wildman–Crippen LogP) is 2.49. The lowest BCUT2D eigenvalue weighted by molar-refractivity contribution is -0.000302. The average molecular weight is 287 g/mol. The zero-order valence-corrected chi connectivity index (χ0v) is 12.2. The van der Waals surface area contributed by atoms with Gasteiger partial charge in [0, 0.05) is 31.7 Å². The molecule has 112 valence electrons. The van der Waals surface area contributed by atoms with E-state index < -0.39 is 5.97 Å². The maximum absolute atomic E-state index is 11.6. The fourth-order valence-electron chi connectivity index (χ4n) is 4.10. The summed E-state index contributed by atoms with van der Waals surface area (Å²) in [5.41, 5.74) is 4.37. The van der Waals surface area contributed by atoms with Crippen LogP contribution in [0.1, 0.15) is 40.7 Å². The quantitative estimate of drug-likeness (QED) is 0.908. The van der Waals surface area contributed by atoms with E-state index in [1.54, 1.807) is 0 Å². The summed E-state index contributed by atoms with van der Waals surface area (Å²) in [7, 11) is 0. The molecule has 1 aliphatic carbocycles. The minimum Gasteiger partial charge on any atom is -0.478 e. The number of carbonyl (C=O) groups is 1. The van der Waals surface area contributed by atoms with E-state index in [-0.39, 0.29) is 0 Å². The number of nitrogens with zero attached hydrogens (tertiary/aromatic N) is 1. The van der Waals surface area contributed by atoms with Crippen molar-refractivity contribution >= 4 is 11.7 Å².